The fourth-order valence-corrected chi connectivity index (χ4v) is 7.89. The molecule has 2 rings (SSSR count). The van der Waals surface area contributed by atoms with Crippen molar-refractivity contribution in [3.8, 4) is 0 Å². The maximum absolute atomic E-state index is 6.72. The average Bonchev–Trinajstić information content (AvgIpc) is 2.55. The summed E-state index contributed by atoms with van der Waals surface area (Å²) in [5, 5.41) is 0. The van der Waals surface area contributed by atoms with Gasteiger partial charge < -0.3 is 5.73 Å². The van der Waals surface area contributed by atoms with Crippen LogP contribution in [0, 0.1) is 64.1 Å². The molecule has 0 aromatic heterocycles. The van der Waals surface area contributed by atoms with E-state index in [9.17, 15) is 0 Å². The second kappa shape index (κ2) is 9.22. The van der Waals surface area contributed by atoms with E-state index in [2.05, 4.69) is 76.2 Å². The van der Waals surface area contributed by atoms with Gasteiger partial charge in [-0.1, -0.05) is 82.6 Å². The standard InChI is InChI=1S/C28H55N/c1-12-20-13-18(4)21(15-23(20)27(6,7)8)26(17(2)3)22-16-24(28(9,10)11)25(29)14-19(22)5/h17-26H,12-16,29H2,1-11H3. The second-order valence-corrected chi connectivity index (χ2v) is 13.8. The van der Waals surface area contributed by atoms with Gasteiger partial charge in [0, 0.05) is 6.04 Å². The van der Waals surface area contributed by atoms with Gasteiger partial charge >= 0.3 is 0 Å². The van der Waals surface area contributed by atoms with Crippen LogP contribution >= 0.6 is 0 Å². The Hall–Kier alpha value is -0.0400. The Balaban J connectivity index is 2.34. The minimum absolute atomic E-state index is 0.318. The van der Waals surface area contributed by atoms with Gasteiger partial charge in [0.15, 0.2) is 0 Å². The van der Waals surface area contributed by atoms with E-state index >= 15 is 0 Å². The minimum atomic E-state index is 0.318. The molecule has 2 aliphatic carbocycles. The van der Waals surface area contributed by atoms with Crippen molar-refractivity contribution < 1.29 is 0 Å². The summed E-state index contributed by atoms with van der Waals surface area (Å²) in [5.74, 6) is 7.40. The molecular weight excluding hydrogens is 350 g/mol. The largest absolute Gasteiger partial charge is 0.327 e. The van der Waals surface area contributed by atoms with E-state index in [4.69, 9.17) is 5.73 Å². The summed E-state index contributed by atoms with van der Waals surface area (Å²) < 4.78 is 0. The van der Waals surface area contributed by atoms with Crippen molar-refractivity contribution >= 4 is 0 Å². The summed E-state index contributed by atoms with van der Waals surface area (Å²) in [5.41, 5.74) is 7.46. The van der Waals surface area contributed by atoms with Crippen molar-refractivity contribution in [1.82, 2.24) is 0 Å². The van der Waals surface area contributed by atoms with E-state index in [1.54, 1.807) is 0 Å². The van der Waals surface area contributed by atoms with Gasteiger partial charge in [0.2, 0.25) is 0 Å². The Morgan fingerprint density at radius 1 is 0.759 bits per heavy atom. The SMILES string of the molecule is CCC1CC(C)C(C(C(C)C)C2CC(C(C)(C)C)C(N)CC2C)CC1C(C)(C)C. The zero-order valence-corrected chi connectivity index (χ0v) is 21.9. The lowest BCUT2D eigenvalue weighted by atomic mass is 9.52. The van der Waals surface area contributed by atoms with Gasteiger partial charge in [-0.05, 0) is 89.8 Å². The number of nitrogens with two attached hydrogens (primary N) is 1. The molecule has 29 heavy (non-hydrogen) atoms. The first-order valence-electron chi connectivity index (χ1n) is 12.9. The van der Waals surface area contributed by atoms with Crippen LogP contribution in [0.5, 0.6) is 0 Å². The Bertz CT molecular complexity index is 507. The van der Waals surface area contributed by atoms with Gasteiger partial charge in [-0.3, -0.25) is 0 Å². The van der Waals surface area contributed by atoms with Crippen LogP contribution in [0.3, 0.4) is 0 Å². The van der Waals surface area contributed by atoms with Crippen LogP contribution in [0.1, 0.15) is 108 Å². The monoisotopic (exact) mass is 405 g/mol. The molecule has 0 aromatic rings. The summed E-state index contributed by atoms with van der Waals surface area (Å²) in [4.78, 5) is 0. The molecule has 0 saturated heterocycles. The van der Waals surface area contributed by atoms with Gasteiger partial charge in [0.05, 0.1) is 0 Å². The van der Waals surface area contributed by atoms with Crippen molar-refractivity contribution in [2.45, 2.75) is 114 Å². The molecule has 2 fully saturated rings. The molecule has 0 bridgehead atoms. The van der Waals surface area contributed by atoms with Gasteiger partial charge in [-0.25, -0.2) is 0 Å². The molecule has 0 aliphatic heterocycles. The van der Waals surface area contributed by atoms with Gasteiger partial charge in [-0.2, -0.15) is 0 Å². The summed E-state index contributed by atoms with van der Waals surface area (Å²) >= 11 is 0. The summed E-state index contributed by atoms with van der Waals surface area (Å²) in [6.07, 6.45) is 6.80. The first kappa shape index (κ1) is 25.2. The summed E-state index contributed by atoms with van der Waals surface area (Å²) in [6, 6.07) is 0.379. The molecule has 0 heterocycles. The fraction of sp³-hybridized carbons (Fsp3) is 1.00. The molecule has 172 valence electrons. The molecule has 2 aliphatic rings. The summed E-state index contributed by atoms with van der Waals surface area (Å²) in [7, 11) is 0. The highest BCUT2D eigenvalue weighted by Crippen LogP contribution is 2.55. The predicted molar refractivity (Wildman–Crippen MR) is 130 cm³/mol. The minimum Gasteiger partial charge on any atom is -0.327 e. The Morgan fingerprint density at radius 3 is 1.62 bits per heavy atom. The quantitative estimate of drug-likeness (QED) is 0.503. The molecule has 0 spiro atoms. The third kappa shape index (κ3) is 5.61. The molecule has 0 radical (unpaired) electrons. The average molecular weight is 406 g/mol. The first-order chi connectivity index (χ1) is 13.2. The van der Waals surface area contributed by atoms with E-state index in [0.717, 1.165) is 47.3 Å². The van der Waals surface area contributed by atoms with Crippen molar-refractivity contribution in [1.29, 1.82) is 0 Å². The number of hydrogen-bond donors (Lipinski definition) is 1. The lowest BCUT2D eigenvalue weighted by Gasteiger charge is -2.54. The van der Waals surface area contributed by atoms with E-state index in [0.29, 0.717) is 22.8 Å². The first-order valence-corrected chi connectivity index (χ1v) is 12.9. The van der Waals surface area contributed by atoms with Gasteiger partial charge in [0.25, 0.3) is 0 Å². The highest BCUT2D eigenvalue weighted by Gasteiger charge is 2.48. The van der Waals surface area contributed by atoms with Crippen LogP contribution in [-0.4, -0.2) is 6.04 Å². The van der Waals surface area contributed by atoms with Crippen LogP contribution < -0.4 is 5.73 Å². The summed E-state index contributed by atoms with van der Waals surface area (Å²) in [6.45, 7) is 27.3. The zero-order valence-electron chi connectivity index (χ0n) is 21.9. The van der Waals surface area contributed by atoms with Gasteiger partial charge in [-0.15, -0.1) is 0 Å². The maximum atomic E-state index is 6.72. The number of hydrogen-bond acceptors (Lipinski definition) is 1. The fourth-order valence-electron chi connectivity index (χ4n) is 7.89. The van der Waals surface area contributed by atoms with E-state index in [1.165, 1.54) is 32.1 Å². The zero-order chi connectivity index (χ0) is 22.3. The van der Waals surface area contributed by atoms with Gasteiger partial charge in [0.1, 0.15) is 0 Å². The third-order valence-electron chi connectivity index (χ3n) is 9.43. The van der Waals surface area contributed by atoms with Crippen molar-refractivity contribution in [2.24, 2.45) is 69.8 Å². The number of rotatable bonds is 4. The molecule has 1 nitrogen and oxygen atoms in total. The normalized spacial score (nSPS) is 40.9. The van der Waals surface area contributed by atoms with Crippen LogP contribution in [-0.2, 0) is 0 Å². The molecule has 0 amide bonds. The molecular formula is C28H55N. The topological polar surface area (TPSA) is 26.0 Å². The smallest absolute Gasteiger partial charge is 0.00749 e. The van der Waals surface area contributed by atoms with Crippen molar-refractivity contribution in [3.05, 3.63) is 0 Å². The van der Waals surface area contributed by atoms with Crippen molar-refractivity contribution in [2.75, 3.05) is 0 Å². The Labute approximate surface area is 184 Å². The predicted octanol–water partition coefficient (Wildman–Crippen LogP) is 8.03. The van der Waals surface area contributed by atoms with Crippen molar-refractivity contribution in [3.63, 3.8) is 0 Å². The van der Waals surface area contributed by atoms with Crippen LogP contribution in [0.4, 0.5) is 0 Å². The van der Waals surface area contributed by atoms with E-state index < -0.39 is 0 Å². The second-order valence-electron chi connectivity index (χ2n) is 13.8. The molecule has 2 N–H and O–H groups in total. The third-order valence-corrected chi connectivity index (χ3v) is 9.43. The highest BCUT2D eigenvalue weighted by atomic mass is 14.7. The molecule has 0 aromatic carbocycles. The Morgan fingerprint density at radius 2 is 1.21 bits per heavy atom. The molecule has 1 heteroatoms. The van der Waals surface area contributed by atoms with E-state index in [1.807, 2.05) is 0 Å². The molecule has 9 atom stereocenters. The lowest BCUT2D eigenvalue weighted by molar-refractivity contribution is -0.0422. The lowest BCUT2D eigenvalue weighted by Crippen LogP contribution is -2.50. The Kier molecular flexibility index (Phi) is 8.02. The van der Waals surface area contributed by atoms with Crippen LogP contribution in [0.25, 0.3) is 0 Å². The van der Waals surface area contributed by atoms with Crippen LogP contribution in [0.2, 0.25) is 0 Å². The molecule has 9 unspecified atom stereocenters. The van der Waals surface area contributed by atoms with Crippen LogP contribution in [0.15, 0.2) is 0 Å². The maximum Gasteiger partial charge on any atom is 0.00749 e. The highest BCUT2D eigenvalue weighted by molar-refractivity contribution is 4.99. The molecule has 2 saturated carbocycles. The van der Waals surface area contributed by atoms with E-state index in [-0.39, 0.29) is 0 Å².